The predicted molar refractivity (Wildman–Crippen MR) is 82.7 cm³/mol. The fraction of sp³-hybridized carbons (Fsp3) is 0.938. The van der Waals surface area contributed by atoms with Crippen LogP contribution >= 0.6 is 0 Å². The third kappa shape index (κ3) is 5.06. The van der Waals surface area contributed by atoms with Gasteiger partial charge in [0.1, 0.15) is 0 Å². The number of nitrogens with zero attached hydrogens (tertiary/aromatic N) is 1. The average Bonchev–Trinajstić information content (AvgIpc) is 2.68. The predicted octanol–water partition coefficient (Wildman–Crippen LogP) is 1.90. The van der Waals surface area contributed by atoms with Crippen LogP contribution in [0.5, 0.6) is 0 Å². The SMILES string of the molecule is CC(=O)N1CCC(NC(C)CC2CCCCCN2)CC1. The average molecular weight is 281 g/mol. The second kappa shape index (κ2) is 7.99. The van der Waals surface area contributed by atoms with E-state index in [0.717, 1.165) is 25.9 Å². The summed E-state index contributed by atoms with van der Waals surface area (Å²) in [4.78, 5) is 13.3. The molecule has 116 valence electrons. The molecule has 0 bridgehead atoms. The van der Waals surface area contributed by atoms with Gasteiger partial charge in [0.2, 0.25) is 5.91 Å². The van der Waals surface area contributed by atoms with Crippen molar-refractivity contribution in [3.8, 4) is 0 Å². The Balaban J connectivity index is 1.66. The number of likely N-dealkylation sites (tertiary alicyclic amines) is 1. The first-order valence-corrected chi connectivity index (χ1v) is 8.40. The molecule has 0 radical (unpaired) electrons. The summed E-state index contributed by atoms with van der Waals surface area (Å²) in [5, 5.41) is 7.45. The first kappa shape index (κ1) is 15.8. The molecule has 2 unspecified atom stereocenters. The van der Waals surface area contributed by atoms with Gasteiger partial charge in [0.25, 0.3) is 0 Å². The maximum atomic E-state index is 11.3. The molecule has 0 aromatic rings. The quantitative estimate of drug-likeness (QED) is 0.827. The van der Waals surface area contributed by atoms with Gasteiger partial charge in [-0.25, -0.2) is 0 Å². The highest BCUT2D eigenvalue weighted by Gasteiger charge is 2.22. The zero-order valence-electron chi connectivity index (χ0n) is 13.2. The summed E-state index contributed by atoms with van der Waals surface area (Å²) in [6, 6.07) is 1.85. The molecule has 0 spiro atoms. The summed E-state index contributed by atoms with van der Waals surface area (Å²) in [6.45, 7) is 7.01. The molecule has 2 fully saturated rings. The molecule has 2 atom stereocenters. The number of piperidine rings is 1. The van der Waals surface area contributed by atoms with Gasteiger partial charge in [-0.05, 0) is 45.6 Å². The Bertz CT molecular complexity index is 292. The zero-order chi connectivity index (χ0) is 14.4. The van der Waals surface area contributed by atoms with Crippen LogP contribution in [0.4, 0.5) is 0 Å². The van der Waals surface area contributed by atoms with Gasteiger partial charge in [-0.15, -0.1) is 0 Å². The molecular formula is C16H31N3O. The van der Waals surface area contributed by atoms with E-state index in [0.29, 0.717) is 18.1 Å². The van der Waals surface area contributed by atoms with Crippen LogP contribution < -0.4 is 10.6 Å². The van der Waals surface area contributed by atoms with Crippen molar-refractivity contribution in [2.45, 2.75) is 76.9 Å². The van der Waals surface area contributed by atoms with Crippen LogP contribution in [0.2, 0.25) is 0 Å². The fourth-order valence-corrected chi connectivity index (χ4v) is 3.56. The lowest BCUT2D eigenvalue weighted by atomic mass is 10.00. The minimum Gasteiger partial charge on any atom is -0.343 e. The van der Waals surface area contributed by atoms with Crippen LogP contribution in [0.3, 0.4) is 0 Å². The highest BCUT2D eigenvalue weighted by Crippen LogP contribution is 2.15. The minimum atomic E-state index is 0.221. The first-order chi connectivity index (χ1) is 9.65. The number of amides is 1. The number of nitrogens with one attached hydrogen (secondary N) is 2. The number of hydrogen-bond acceptors (Lipinski definition) is 3. The molecule has 2 saturated heterocycles. The van der Waals surface area contributed by atoms with E-state index in [1.807, 2.05) is 4.90 Å². The van der Waals surface area contributed by atoms with Crippen molar-refractivity contribution >= 4 is 5.91 Å². The Labute approximate surface area is 123 Å². The lowest BCUT2D eigenvalue weighted by molar-refractivity contribution is -0.129. The Morgan fingerprint density at radius 3 is 2.70 bits per heavy atom. The van der Waals surface area contributed by atoms with Crippen LogP contribution in [0.25, 0.3) is 0 Å². The molecule has 4 nitrogen and oxygen atoms in total. The molecule has 2 aliphatic heterocycles. The van der Waals surface area contributed by atoms with E-state index >= 15 is 0 Å². The van der Waals surface area contributed by atoms with Crippen molar-refractivity contribution in [1.29, 1.82) is 0 Å². The molecule has 0 aromatic carbocycles. The van der Waals surface area contributed by atoms with Gasteiger partial charge in [-0.3, -0.25) is 4.79 Å². The summed E-state index contributed by atoms with van der Waals surface area (Å²) < 4.78 is 0. The summed E-state index contributed by atoms with van der Waals surface area (Å²) in [5.41, 5.74) is 0. The summed E-state index contributed by atoms with van der Waals surface area (Å²) in [6.07, 6.45) is 8.85. The molecule has 2 aliphatic rings. The first-order valence-electron chi connectivity index (χ1n) is 8.40. The second-order valence-electron chi connectivity index (χ2n) is 6.58. The zero-order valence-corrected chi connectivity index (χ0v) is 13.2. The summed E-state index contributed by atoms with van der Waals surface area (Å²) in [7, 11) is 0. The number of carbonyl (C=O) groups excluding carboxylic acids is 1. The molecular weight excluding hydrogens is 250 g/mol. The summed E-state index contributed by atoms with van der Waals surface area (Å²) in [5.74, 6) is 0.221. The molecule has 2 rings (SSSR count). The van der Waals surface area contributed by atoms with E-state index in [9.17, 15) is 4.79 Å². The highest BCUT2D eigenvalue weighted by molar-refractivity contribution is 5.73. The van der Waals surface area contributed by atoms with Crippen LogP contribution in [-0.2, 0) is 4.79 Å². The molecule has 2 heterocycles. The van der Waals surface area contributed by atoms with Gasteiger partial charge >= 0.3 is 0 Å². The molecule has 1 amide bonds. The minimum absolute atomic E-state index is 0.221. The van der Waals surface area contributed by atoms with Crippen LogP contribution in [-0.4, -0.2) is 48.6 Å². The lowest BCUT2D eigenvalue weighted by Gasteiger charge is -2.34. The van der Waals surface area contributed by atoms with Crippen molar-refractivity contribution in [1.82, 2.24) is 15.5 Å². The van der Waals surface area contributed by atoms with Gasteiger partial charge in [0.05, 0.1) is 0 Å². The standard InChI is InChI=1S/C16H31N3O/c1-13(12-16-6-4-3-5-9-17-16)18-15-7-10-19(11-8-15)14(2)20/h13,15-18H,3-12H2,1-2H3. The third-order valence-corrected chi connectivity index (χ3v) is 4.76. The third-order valence-electron chi connectivity index (χ3n) is 4.76. The molecule has 20 heavy (non-hydrogen) atoms. The Morgan fingerprint density at radius 2 is 2.00 bits per heavy atom. The van der Waals surface area contributed by atoms with Crippen molar-refractivity contribution in [3.63, 3.8) is 0 Å². The van der Waals surface area contributed by atoms with E-state index in [1.54, 1.807) is 6.92 Å². The summed E-state index contributed by atoms with van der Waals surface area (Å²) >= 11 is 0. The van der Waals surface area contributed by atoms with Crippen molar-refractivity contribution in [2.24, 2.45) is 0 Å². The Kier molecular flexibility index (Phi) is 6.30. The van der Waals surface area contributed by atoms with Gasteiger partial charge < -0.3 is 15.5 Å². The maximum absolute atomic E-state index is 11.3. The molecule has 0 aromatic heterocycles. The maximum Gasteiger partial charge on any atom is 0.219 e. The topological polar surface area (TPSA) is 44.4 Å². The fourth-order valence-electron chi connectivity index (χ4n) is 3.56. The van der Waals surface area contributed by atoms with Gasteiger partial charge in [0.15, 0.2) is 0 Å². The second-order valence-corrected chi connectivity index (χ2v) is 6.58. The van der Waals surface area contributed by atoms with E-state index in [4.69, 9.17) is 0 Å². The normalized spacial score (nSPS) is 27.1. The van der Waals surface area contributed by atoms with Crippen molar-refractivity contribution < 1.29 is 4.79 Å². The lowest BCUT2D eigenvalue weighted by Crippen LogP contribution is -2.48. The largest absolute Gasteiger partial charge is 0.343 e. The van der Waals surface area contributed by atoms with Crippen molar-refractivity contribution in [3.05, 3.63) is 0 Å². The number of hydrogen-bond donors (Lipinski definition) is 2. The van der Waals surface area contributed by atoms with Gasteiger partial charge in [0, 0.05) is 38.1 Å². The van der Waals surface area contributed by atoms with Crippen molar-refractivity contribution in [2.75, 3.05) is 19.6 Å². The molecule has 4 heteroatoms. The van der Waals surface area contributed by atoms with E-state index in [1.165, 1.54) is 38.6 Å². The molecule has 0 saturated carbocycles. The Hall–Kier alpha value is -0.610. The molecule has 0 aliphatic carbocycles. The van der Waals surface area contributed by atoms with E-state index in [-0.39, 0.29) is 5.91 Å². The van der Waals surface area contributed by atoms with E-state index < -0.39 is 0 Å². The number of carbonyl (C=O) groups is 1. The van der Waals surface area contributed by atoms with Gasteiger partial charge in [-0.1, -0.05) is 12.8 Å². The smallest absolute Gasteiger partial charge is 0.219 e. The van der Waals surface area contributed by atoms with E-state index in [2.05, 4.69) is 17.6 Å². The van der Waals surface area contributed by atoms with Gasteiger partial charge in [-0.2, -0.15) is 0 Å². The number of rotatable bonds is 4. The van der Waals surface area contributed by atoms with Crippen LogP contribution in [0.15, 0.2) is 0 Å². The van der Waals surface area contributed by atoms with Crippen LogP contribution in [0, 0.1) is 0 Å². The van der Waals surface area contributed by atoms with Crippen LogP contribution in [0.1, 0.15) is 58.8 Å². The monoisotopic (exact) mass is 281 g/mol. The molecule has 2 N–H and O–H groups in total. The highest BCUT2D eigenvalue weighted by atomic mass is 16.2. The Morgan fingerprint density at radius 1 is 1.25 bits per heavy atom.